The predicted octanol–water partition coefficient (Wildman–Crippen LogP) is 4.28. The second-order valence-corrected chi connectivity index (χ2v) is 11.0. The minimum atomic E-state index is -2.25. The molecule has 1 heteroatoms. The van der Waals surface area contributed by atoms with Gasteiger partial charge in [-0.2, -0.15) is 0 Å². The third-order valence-electron chi connectivity index (χ3n) is 5.43. The molecule has 0 N–H and O–H groups in total. The maximum Gasteiger partial charge on any atom is 0.175 e. The van der Waals surface area contributed by atoms with E-state index in [0.29, 0.717) is 0 Å². The van der Waals surface area contributed by atoms with Crippen molar-refractivity contribution in [3.8, 4) is 0 Å². The van der Waals surface area contributed by atoms with Crippen molar-refractivity contribution in [1.29, 1.82) is 0 Å². The summed E-state index contributed by atoms with van der Waals surface area (Å²) >= 11 is 0. The molecule has 1 aliphatic carbocycles. The lowest BCUT2D eigenvalue weighted by Crippen LogP contribution is -2.68. The highest BCUT2D eigenvalue weighted by atomic mass is 28.3. The van der Waals surface area contributed by atoms with E-state index in [1.54, 1.807) is 5.20 Å². The summed E-state index contributed by atoms with van der Waals surface area (Å²) in [5, 5.41) is 5.97. The Morgan fingerprint density at radius 3 is 1.58 bits per heavy atom. The van der Waals surface area contributed by atoms with Gasteiger partial charge in [-0.1, -0.05) is 113 Å². The average molecular weight is 353 g/mol. The summed E-state index contributed by atoms with van der Waals surface area (Å²) in [7, 11) is -2.25. The zero-order valence-corrected chi connectivity index (χ0v) is 16.4. The van der Waals surface area contributed by atoms with Crippen LogP contribution in [0.4, 0.5) is 0 Å². The molecule has 4 rings (SSSR count). The Morgan fingerprint density at radius 2 is 1.12 bits per heavy atom. The number of allylic oxidation sites excluding steroid dienone is 4. The normalized spacial score (nSPS) is 14.1. The summed E-state index contributed by atoms with van der Waals surface area (Å²) in [6.45, 7) is 4.38. The van der Waals surface area contributed by atoms with Gasteiger partial charge < -0.3 is 0 Å². The molecule has 0 saturated heterocycles. The molecular weight excluding hydrogens is 328 g/mol. The fourth-order valence-corrected chi connectivity index (χ4v) is 9.18. The summed E-state index contributed by atoms with van der Waals surface area (Å²) in [4.78, 5) is 0. The van der Waals surface area contributed by atoms with Gasteiger partial charge in [-0.3, -0.25) is 0 Å². The highest BCUT2D eigenvalue weighted by molar-refractivity contribution is 7.16. The first-order valence-electron chi connectivity index (χ1n) is 9.27. The molecule has 0 fully saturated rings. The van der Waals surface area contributed by atoms with E-state index < -0.39 is 8.07 Å². The van der Waals surface area contributed by atoms with Crippen LogP contribution >= 0.6 is 0 Å². The van der Waals surface area contributed by atoms with Crippen LogP contribution in [0.25, 0.3) is 0 Å². The second kappa shape index (κ2) is 6.93. The van der Waals surface area contributed by atoms with E-state index in [2.05, 4.69) is 111 Å². The van der Waals surface area contributed by atoms with Gasteiger partial charge in [-0.15, -0.1) is 0 Å². The molecule has 0 heterocycles. The molecule has 3 aromatic rings. The zero-order valence-electron chi connectivity index (χ0n) is 15.4. The van der Waals surface area contributed by atoms with Gasteiger partial charge in [-0.05, 0) is 35.8 Å². The molecular formula is C25H24Si. The first-order valence-corrected chi connectivity index (χ1v) is 11.3. The van der Waals surface area contributed by atoms with Crippen molar-refractivity contribution in [2.24, 2.45) is 0 Å². The molecule has 0 bridgehead atoms. The van der Waals surface area contributed by atoms with Crippen LogP contribution in [0.2, 0.25) is 0 Å². The van der Waals surface area contributed by atoms with Crippen LogP contribution in [0, 0.1) is 6.92 Å². The van der Waals surface area contributed by atoms with Gasteiger partial charge in [-0.25, -0.2) is 0 Å². The summed E-state index contributed by atoms with van der Waals surface area (Å²) in [5.74, 6) is 0. The van der Waals surface area contributed by atoms with Crippen LogP contribution in [0.1, 0.15) is 18.9 Å². The summed E-state index contributed by atoms with van der Waals surface area (Å²) in [6.07, 6.45) is 5.86. The highest BCUT2D eigenvalue weighted by Crippen LogP contribution is 2.27. The minimum Gasteiger partial charge on any atom is -0.0779 e. The number of benzene rings is 3. The van der Waals surface area contributed by atoms with E-state index in [9.17, 15) is 0 Å². The van der Waals surface area contributed by atoms with Crippen LogP contribution in [0.5, 0.6) is 0 Å². The van der Waals surface area contributed by atoms with Gasteiger partial charge in [0.25, 0.3) is 0 Å². The minimum absolute atomic E-state index is 1.05. The number of rotatable bonds is 4. The topological polar surface area (TPSA) is 0 Å². The third-order valence-corrected chi connectivity index (χ3v) is 10.3. The Hall–Kier alpha value is -2.64. The predicted molar refractivity (Wildman–Crippen MR) is 115 cm³/mol. The van der Waals surface area contributed by atoms with E-state index in [4.69, 9.17) is 0 Å². The zero-order chi connectivity index (χ0) is 18.0. The van der Waals surface area contributed by atoms with E-state index in [-0.39, 0.29) is 0 Å². The Kier molecular flexibility index (Phi) is 4.48. The molecule has 0 atom stereocenters. The van der Waals surface area contributed by atoms with Gasteiger partial charge in [0.15, 0.2) is 8.07 Å². The van der Waals surface area contributed by atoms with Gasteiger partial charge in [0.1, 0.15) is 0 Å². The lowest BCUT2D eigenvalue weighted by molar-refractivity contribution is 1.36. The largest absolute Gasteiger partial charge is 0.175 e. The second-order valence-electron chi connectivity index (χ2n) is 7.17. The molecule has 0 aliphatic heterocycles. The fourth-order valence-electron chi connectivity index (χ4n) is 4.16. The standard InChI is InChI=1S/C25H24Si/c1-20-13-16-24(17-14-20)26(22-9-5-3-6-10-22,23-11-7-4-8-12-23)25-18-15-21(2)19-25/h3-17,19H,18H2,1-2H3. The molecule has 26 heavy (non-hydrogen) atoms. The summed E-state index contributed by atoms with van der Waals surface area (Å²) < 4.78 is 0. The molecule has 3 aromatic carbocycles. The lowest BCUT2D eigenvalue weighted by Gasteiger charge is -2.35. The van der Waals surface area contributed by atoms with Crippen LogP contribution in [-0.4, -0.2) is 8.07 Å². The molecule has 0 spiro atoms. The Bertz CT molecular complexity index is 909. The van der Waals surface area contributed by atoms with Crippen molar-refractivity contribution in [3.63, 3.8) is 0 Å². The van der Waals surface area contributed by atoms with Crippen molar-refractivity contribution in [3.05, 3.63) is 113 Å². The number of hydrogen-bond donors (Lipinski definition) is 0. The maximum absolute atomic E-state index is 2.44. The van der Waals surface area contributed by atoms with Gasteiger partial charge in [0.2, 0.25) is 0 Å². The molecule has 1 aliphatic rings. The molecule has 0 radical (unpaired) electrons. The van der Waals surface area contributed by atoms with Gasteiger partial charge >= 0.3 is 0 Å². The quantitative estimate of drug-likeness (QED) is 0.486. The smallest absolute Gasteiger partial charge is 0.0779 e. The van der Waals surface area contributed by atoms with Crippen molar-refractivity contribution >= 4 is 23.6 Å². The monoisotopic (exact) mass is 352 g/mol. The van der Waals surface area contributed by atoms with Gasteiger partial charge in [0, 0.05) is 0 Å². The molecule has 0 amide bonds. The Labute approximate surface area is 157 Å². The highest BCUT2D eigenvalue weighted by Gasteiger charge is 2.43. The Morgan fingerprint density at radius 1 is 0.615 bits per heavy atom. The van der Waals surface area contributed by atoms with Gasteiger partial charge in [0.05, 0.1) is 0 Å². The number of hydrogen-bond acceptors (Lipinski definition) is 0. The molecule has 0 unspecified atom stereocenters. The van der Waals surface area contributed by atoms with E-state index >= 15 is 0 Å². The van der Waals surface area contributed by atoms with Crippen molar-refractivity contribution in [2.75, 3.05) is 0 Å². The van der Waals surface area contributed by atoms with E-state index in [1.165, 1.54) is 26.7 Å². The number of aryl methyl sites for hydroxylation is 1. The van der Waals surface area contributed by atoms with Crippen LogP contribution in [-0.2, 0) is 0 Å². The van der Waals surface area contributed by atoms with E-state index in [0.717, 1.165) is 6.42 Å². The SMILES string of the molecule is CC1=CCC([Si](c2ccccc2)(c2ccccc2)c2ccc(C)cc2)=C1. The van der Waals surface area contributed by atoms with Crippen molar-refractivity contribution < 1.29 is 0 Å². The first kappa shape index (κ1) is 16.8. The van der Waals surface area contributed by atoms with Crippen molar-refractivity contribution in [2.45, 2.75) is 20.3 Å². The van der Waals surface area contributed by atoms with Crippen LogP contribution in [0.3, 0.4) is 0 Å². The molecule has 128 valence electrons. The summed E-state index contributed by atoms with van der Waals surface area (Å²) in [6, 6.07) is 31.5. The maximum atomic E-state index is 2.44. The molecule has 0 aromatic heterocycles. The fraction of sp³-hybridized carbons (Fsp3) is 0.120. The first-order chi connectivity index (χ1) is 12.7. The van der Waals surface area contributed by atoms with Crippen molar-refractivity contribution in [1.82, 2.24) is 0 Å². The third kappa shape index (κ3) is 2.79. The average Bonchev–Trinajstić information content (AvgIpc) is 3.12. The summed E-state index contributed by atoms with van der Waals surface area (Å²) in [5.41, 5.74) is 2.70. The molecule has 0 saturated carbocycles. The molecule has 0 nitrogen and oxygen atoms in total. The van der Waals surface area contributed by atoms with Crippen LogP contribution in [0.15, 0.2) is 108 Å². The van der Waals surface area contributed by atoms with Crippen LogP contribution < -0.4 is 15.6 Å². The van der Waals surface area contributed by atoms with E-state index in [1.807, 2.05) is 0 Å². The Balaban J connectivity index is 2.07. The lowest BCUT2D eigenvalue weighted by atomic mass is 10.2.